The molecule has 0 bridgehead atoms. The van der Waals surface area contributed by atoms with Gasteiger partial charge in [-0.25, -0.2) is 13.2 Å². The average molecular weight is 311 g/mol. The summed E-state index contributed by atoms with van der Waals surface area (Å²) in [6.07, 6.45) is 2.14. The molecule has 21 heavy (non-hydrogen) atoms. The molecule has 1 saturated carbocycles. The average Bonchev–Trinajstić information content (AvgIpc) is 3.22. The minimum absolute atomic E-state index is 0.0131. The van der Waals surface area contributed by atoms with Crippen molar-refractivity contribution in [3.63, 3.8) is 0 Å². The first-order valence-electron chi connectivity index (χ1n) is 7.12. The summed E-state index contributed by atoms with van der Waals surface area (Å²) in [5.41, 5.74) is 1.31. The van der Waals surface area contributed by atoms with Gasteiger partial charge in [-0.15, -0.1) is 0 Å². The van der Waals surface area contributed by atoms with Gasteiger partial charge in [0.1, 0.15) is 0 Å². The molecule has 0 aromatic heterocycles. The molecule has 6 heteroatoms. The molecule has 1 aliphatic carbocycles. The van der Waals surface area contributed by atoms with Crippen molar-refractivity contribution in [1.29, 1.82) is 0 Å². The Bertz CT molecular complexity index is 662. The zero-order valence-corrected chi connectivity index (χ0v) is 13.4. The predicted octanol–water partition coefficient (Wildman–Crippen LogP) is 2.42. The predicted molar refractivity (Wildman–Crippen MR) is 80.0 cm³/mol. The molecule has 0 saturated heterocycles. The molecular weight excluding hydrogens is 290 g/mol. The first-order valence-corrected chi connectivity index (χ1v) is 8.56. The molecule has 1 aliphatic rings. The summed E-state index contributed by atoms with van der Waals surface area (Å²) in [5.74, 6) is -0.663. The molecule has 0 aliphatic heterocycles. The SMILES string of the molecule is CCN(CC1CC1)S(=O)(=O)c1cc(C(=O)O)cc(C)c1C. The summed E-state index contributed by atoms with van der Waals surface area (Å²) >= 11 is 0. The lowest BCUT2D eigenvalue weighted by Gasteiger charge is -2.22. The van der Waals surface area contributed by atoms with Crippen LogP contribution in [0.25, 0.3) is 0 Å². The second-order valence-electron chi connectivity index (χ2n) is 5.62. The summed E-state index contributed by atoms with van der Waals surface area (Å²) in [6.45, 7) is 6.18. The summed E-state index contributed by atoms with van der Waals surface area (Å²) in [4.78, 5) is 11.3. The Morgan fingerprint density at radius 1 is 1.33 bits per heavy atom. The number of nitrogens with zero attached hydrogens (tertiary/aromatic N) is 1. The van der Waals surface area contributed by atoms with Crippen molar-refractivity contribution < 1.29 is 18.3 Å². The number of hydrogen-bond acceptors (Lipinski definition) is 3. The number of aromatic carboxylic acids is 1. The van der Waals surface area contributed by atoms with Crippen LogP contribution in [-0.2, 0) is 10.0 Å². The van der Waals surface area contributed by atoms with E-state index >= 15 is 0 Å². The quantitative estimate of drug-likeness (QED) is 0.875. The van der Waals surface area contributed by atoms with Gasteiger partial charge in [0, 0.05) is 13.1 Å². The van der Waals surface area contributed by atoms with E-state index in [2.05, 4.69) is 0 Å². The molecule has 0 unspecified atom stereocenters. The molecule has 0 radical (unpaired) electrons. The van der Waals surface area contributed by atoms with Crippen LogP contribution in [0.1, 0.15) is 41.3 Å². The standard InChI is InChI=1S/C15H21NO4S/c1-4-16(9-12-5-6-12)21(19,20)14-8-13(15(17)18)7-10(2)11(14)3/h7-8,12H,4-6,9H2,1-3H3,(H,17,18). The Labute approximate surface area is 125 Å². The van der Waals surface area contributed by atoms with E-state index in [4.69, 9.17) is 5.11 Å². The van der Waals surface area contributed by atoms with Crippen LogP contribution < -0.4 is 0 Å². The van der Waals surface area contributed by atoms with Crippen LogP contribution in [0.4, 0.5) is 0 Å². The number of rotatable bonds is 6. The van der Waals surface area contributed by atoms with Crippen molar-refractivity contribution >= 4 is 16.0 Å². The third kappa shape index (κ3) is 3.27. The lowest BCUT2D eigenvalue weighted by atomic mass is 10.1. The molecule has 1 aromatic rings. The third-order valence-corrected chi connectivity index (χ3v) is 6.06. The van der Waals surface area contributed by atoms with Gasteiger partial charge in [-0.1, -0.05) is 6.92 Å². The molecule has 1 N–H and O–H groups in total. The number of carboxylic acids is 1. The first-order chi connectivity index (χ1) is 9.77. The zero-order chi connectivity index (χ0) is 15.8. The summed E-state index contributed by atoms with van der Waals surface area (Å²) in [7, 11) is -3.65. The Kier molecular flexibility index (Phi) is 4.39. The van der Waals surface area contributed by atoms with Gasteiger partial charge in [0.15, 0.2) is 0 Å². The minimum atomic E-state index is -3.65. The van der Waals surface area contributed by atoms with Gasteiger partial charge in [-0.2, -0.15) is 4.31 Å². The maximum atomic E-state index is 12.8. The zero-order valence-electron chi connectivity index (χ0n) is 12.6. The minimum Gasteiger partial charge on any atom is -0.478 e. The van der Waals surface area contributed by atoms with Gasteiger partial charge in [-0.05, 0) is 55.9 Å². The van der Waals surface area contributed by atoms with Gasteiger partial charge >= 0.3 is 5.97 Å². The van der Waals surface area contributed by atoms with Crippen LogP contribution in [0, 0.1) is 19.8 Å². The lowest BCUT2D eigenvalue weighted by molar-refractivity contribution is 0.0696. The van der Waals surface area contributed by atoms with Crippen molar-refractivity contribution in [3.8, 4) is 0 Å². The smallest absolute Gasteiger partial charge is 0.335 e. The molecule has 0 atom stereocenters. The van der Waals surface area contributed by atoms with Crippen molar-refractivity contribution in [3.05, 3.63) is 28.8 Å². The van der Waals surface area contributed by atoms with Crippen LogP contribution in [0.5, 0.6) is 0 Å². The second kappa shape index (κ2) is 5.77. The molecule has 116 valence electrons. The Morgan fingerprint density at radius 3 is 2.43 bits per heavy atom. The largest absolute Gasteiger partial charge is 0.478 e. The topological polar surface area (TPSA) is 74.7 Å². The van der Waals surface area contributed by atoms with E-state index in [1.54, 1.807) is 13.8 Å². The number of carboxylic acid groups (broad SMARTS) is 1. The van der Waals surface area contributed by atoms with Gasteiger partial charge in [0.2, 0.25) is 10.0 Å². The number of aryl methyl sites for hydroxylation is 1. The van der Waals surface area contributed by atoms with Gasteiger partial charge in [-0.3, -0.25) is 0 Å². The number of carbonyl (C=O) groups is 1. The van der Waals surface area contributed by atoms with Crippen LogP contribution >= 0.6 is 0 Å². The van der Waals surface area contributed by atoms with Crippen LogP contribution in [0.3, 0.4) is 0 Å². The van der Waals surface area contributed by atoms with E-state index in [9.17, 15) is 13.2 Å². The Balaban J connectivity index is 2.49. The van der Waals surface area contributed by atoms with E-state index < -0.39 is 16.0 Å². The fraction of sp³-hybridized carbons (Fsp3) is 0.533. The molecule has 1 aromatic carbocycles. The molecule has 5 nitrogen and oxygen atoms in total. The maximum absolute atomic E-state index is 12.8. The highest BCUT2D eigenvalue weighted by atomic mass is 32.2. The fourth-order valence-corrected chi connectivity index (χ4v) is 4.19. The Hall–Kier alpha value is -1.40. The Morgan fingerprint density at radius 2 is 1.95 bits per heavy atom. The van der Waals surface area contributed by atoms with Crippen LogP contribution in [-0.4, -0.2) is 36.9 Å². The normalized spacial score (nSPS) is 15.4. The summed E-state index contributed by atoms with van der Waals surface area (Å²) in [6, 6.07) is 2.78. The van der Waals surface area contributed by atoms with Crippen molar-refractivity contribution in [2.24, 2.45) is 5.92 Å². The molecule has 0 heterocycles. The van der Waals surface area contributed by atoms with Crippen molar-refractivity contribution in [1.82, 2.24) is 4.31 Å². The third-order valence-electron chi connectivity index (χ3n) is 4.00. The molecule has 0 amide bonds. The van der Waals surface area contributed by atoms with E-state index in [-0.39, 0.29) is 10.5 Å². The lowest BCUT2D eigenvalue weighted by Crippen LogP contribution is -2.33. The molecular formula is C15H21NO4S. The van der Waals surface area contributed by atoms with Gasteiger partial charge in [0.25, 0.3) is 0 Å². The molecule has 1 fully saturated rings. The van der Waals surface area contributed by atoms with E-state index in [0.717, 1.165) is 12.8 Å². The van der Waals surface area contributed by atoms with Crippen molar-refractivity contribution in [2.45, 2.75) is 38.5 Å². The van der Waals surface area contributed by atoms with E-state index in [1.807, 2.05) is 6.92 Å². The van der Waals surface area contributed by atoms with Crippen molar-refractivity contribution in [2.75, 3.05) is 13.1 Å². The van der Waals surface area contributed by atoms with Crippen LogP contribution in [0.15, 0.2) is 17.0 Å². The highest BCUT2D eigenvalue weighted by molar-refractivity contribution is 7.89. The van der Waals surface area contributed by atoms with Gasteiger partial charge < -0.3 is 5.11 Å². The highest BCUT2D eigenvalue weighted by Crippen LogP contribution is 2.32. The fourth-order valence-electron chi connectivity index (χ4n) is 2.34. The molecule has 2 rings (SSSR count). The molecule has 0 spiro atoms. The summed E-state index contributed by atoms with van der Waals surface area (Å²) < 4.78 is 27.1. The maximum Gasteiger partial charge on any atom is 0.335 e. The highest BCUT2D eigenvalue weighted by Gasteiger charge is 2.32. The van der Waals surface area contributed by atoms with Gasteiger partial charge in [0.05, 0.1) is 10.5 Å². The first kappa shape index (κ1) is 16.0. The summed E-state index contributed by atoms with van der Waals surface area (Å²) in [5, 5.41) is 9.13. The van der Waals surface area contributed by atoms with E-state index in [1.165, 1.54) is 16.4 Å². The van der Waals surface area contributed by atoms with E-state index in [0.29, 0.717) is 30.1 Å². The second-order valence-corrected chi connectivity index (χ2v) is 7.53. The number of hydrogen-bond donors (Lipinski definition) is 1. The monoisotopic (exact) mass is 311 g/mol. The van der Waals surface area contributed by atoms with Crippen LogP contribution in [0.2, 0.25) is 0 Å². The number of sulfonamides is 1. The number of benzene rings is 1.